The molecular weight excluding hydrogens is 749 g/mol. The van der Waals surface area contributed by atoms with E-state index in [4.69, 9.17) is 0 Å². The first-order chi connectivity index (χ1) is 30.8. The molecule has 1 heterocycles. The molecule has 2 heteroatoms. The van der Waals surface area contributed by atoms with Gasteiger partial charge in [-0.05, 0) is 98.6 Å². The van der Waals surface area contributed by atoms with Crippen LogP contribution in [0.1, 0.15) is 0 Å². The number of fused-ring (bicyclic) bond motifs is 3. The highest BCUT2D eigenvalue weighted by molar-refractivity contribution is 6.11. The average Bonchev–Trinajstić information content (AvgIpc) is 3.69. The van der Waals surface area contributed by atoms with Gasteiger partial charge in [0.1, 0.15) is 0 Å². The molecule has 10 aromatic carbocycles. The molecule has 11 aromatic rings. The van der Waals surface area contributed by atoms with Gasteiger partial charge in [0.2, 0.25) is 0 Å². The van der Waals surface area contributed by atoms with E-state index in [1.165, 1.54) is 66.4 Å². The van der Waals surface area contributed by atoms with Crippen molar-refractivity contribution in [1.29, 1.82) is 0 Å². The van der Waals surface area contributed by atoms with Gasteiger partial charge in [0.15, 0.2) is 0 Å². The Morgan fingerprint density at radius 2 is 0.758 bits per heavy atom. The molecule has 0 atom stereocenters. The van der Waals surface area contributed by atoms with Gasteiger partial charge in [-0.3, -0.25) is 0 Å². The van der Waals surface area contributed by atoms with E-state index in [1.54, 1.807) is 0 Å². The van der Waals surface area contributed by atoms with Crippen LogP contribution >= 0.6 is 0 Å². The summed E-state index contributed by atoms with van der Waals surface area (Å²) in [5.41, 5.74) is 18.6. The zero-order valence-corrected chi connectivity index (χ0v) is 34.1. The molecule has 0 N–H and O–H groups in total. The molecule has 62 heavy (non-hydrogen) atoms. The lowest BCUT2D eigenvalue weighted by molar-refractivity contribution is 1.18. The van der Waals surface area contributed by atoms with E-state index in [1.807, 2.05) is 0 Å². The molecule has 2 nitrogen and oxygen atoms in total. The summed E-state index contributed by atoms with van der Waals surface area (Å²) in [6.45, 7) is 0. The number of aromatic nitrogens is 1. The SMILES string of the molecule is c1ccc(-c2ccc(N(c3ccc4c5ccccc5n(-c5cccc(-c6ccccc6-c6ccccc6)c5)c4c3)c3cccc(-c4ccccc4)c3-c3ccccc3)cc2)cc1. The first-order valence-electron chi connectivity index (χ1n) is 21.3. The molecule has 0 saturated carbocycles. The van der Waals surface area contributed by atoms with Crippen LogP contribution in [0.2, 0.25) is 0 Å². The van der Waals surface area contributed by atoms with Crippen LogP contribution in [0.25, 0.3) is 83.1 Å². The van der Waals surface area contributed by atoms with Crippen molar-refractivity contribution >= 4 is 38.9 Å². The molecule has 0 bridgehead atoms. The number of nitrogens with zero attached hydrogens (tertiary/aromatic N) is 2. The summed E-state index contributed by atoms with van der Waals surface area (Å²) in [4.78, 5) is 2.44. The number of anilines is 3. The van der Waals surface area contributed by atoms with Crippen LogP contribution in [0.4, 0.5) is 17.1 Å². The average molecular weight is 791 g/mol. The summed E-state index contributed by atoms with van der Waals surface area (Å²) in [6.07, 6.45) is 0. The topological polar surface area (TPSA) is 8.17 Å². The van der Waals surface area contributed by atoms with E-state index < -0.39 is 0 Å². The Morgan fingerprint density at radius 3 is 1.45 bits per heavy atom. The maximum absolute atomic E-state index is 2.44. The predicted molar refractivity (Wildman–Crippen MR) is 263 cm³/mol. The second kappa shape index (κ2) is 16.1. The van der Waals surface area contributed by atoms with E-state index in [0.29, 0.717) is 0 Å². The fourth-order valence-electron chi connectivity index (χ4n) is 9.15. The van der Waals surface area contributed by atoms with Crippen LogP contribution in [-0.4, -0.2) is 4.57 Å². The quantitative estimate of drug-likeness (QED) is 0.141. The fraction of sp³-hybridized carbons (Fsp3) is 0. The first-order valence-corrected chi connectivity index (χ1v) is 21.3. The Labute approximate surface area is 362 Å². The predicted octanol–water partition coefficient (Wildman–Crippen LogP) is 16.6. The van der Waals surface area contributed by atoms with Crippen LogP contribution in [0.15, 0.2) is 255 Å². The van der Waals surface area contributed by atoms with Crippen molar-refractivity contribution in [2.75, 3.05) is 4.90 Å². The van der Waals surface area contributed by atoms with Crippen molar-refractivity contribution in [3.63, 3.8) is 0 Å². The zero-order chi connectivity index (χ0) is 41.2. The summed E-state index contributed by atoms with van der Waals surface area (Å²) >= 11 is 0. The number of hydrogen-bond donors (Lipinski definition) is 0. The van der Waals surface area contributed by atoms with Gasteiger partial charge in [0.25, 0.3) is 0 Å². The van der Waals surface area contributed by atoms with Crippen molar-refractivity contribution < 1.29 is 0 Å². The second-order valence-electron chi connectivity index (χ2n) is 15.7. The van der Waals surface area contributed by atoms with Crippen molar-refractivity contribution in [2.45, 2.75) is 0 Å². The molecule has 292 valence electrons. The van der Waals surface area contributed by atoms with Gasteiger partial charge < -0.3 is 9.47 Å². The third kappa shape index (κ3) is 6.74. The molecule has 0 aliphatic rings. The Bertz CT molecular complexity index is 3310. The van der Waals surface area contributed by atoms with E-state index in [9.17, 15) is 0 Å². The zero-order valence-electron chi connectivity index (χ0n) is 34.1. The van der Waals surface area contributed by atoms with Gasteiger partial charge in [-0.25, -0.2) is 0 Å². The lowest BCUT2D eigenvalue weighted by Gasteiger charge is -2.29. The Hall–Kier alpha value is -8.20. The maximum Gasteiger partial charge on any atom is 0.0561 e. The normalized spacial score (nSPS) is 11.2. The molecule has 0 aliphatic heterocycles. The van der Waals surface area contributed by atoms with Gasteiger partial charge in [-0.15, -0.1) is 0 Å². The molecular formula is C60H42N2. The van der Waals surface area contributed by atoms with Gasteiger partial charge in [0.05, 0.1) is 16.7 Å². The first kappa shape index (κ1) is 36.8. The molecule has 0 unspecified atom stereocenters. The van der Waals surface area contributed by atoms with Crippen molar-refractivity contribution in [3.05, 3.63) is 255 Å². The summed E-state index contributed by atoms with van der Waals surface area (Å²) in [7, 11) is 0. The smallest absolute Gasteiger partial charge is 0.0561 e. The van der Waals surface area contributed by atoms with Crippen LogP contribution < -0.4 is 4.90 Å². The Morgan fingerprint density at radius 1 is 0.274 bits per heavy atom. The number of rotatable bonds is 9. The van der Waals surface area contributed by atoms with Crippen LogP contribution in [0, 0.1) is 0 Å². The minimum absolute atomic E-state index is 1.07. The van der Waals surface area contributed by atoms with Crippen LogP contribution in [0.5, 0.6) is 0 Å². The van der Waals surface area contributed by atoms with Crippen molar-refractivity contribution in [3.8, 4) is 61.3 Å². The van der Waals surface area contributed by atoms with Crippen molar-refractivity contribution in [2.24, 2.45) is 0 Å². The van der Waals surface area contributed by atoms with Crippen molar-refractivity contribution in [1.82, 2.24) is 4.57 Å². The lowest BCUT2D eigenvalue weighted by atomic mass is 9.92. The minimum atomic E-state index is 1.07. The Balaban J connectivity index is 1.14. The molecule has 0 saturated heterocycles. The third-order valence-electron chi connectivity index (χ3n) is 12.0. The van der Waals surface area contributed by atoms with Gasteiger partial charge in [0, 0.05) is 33.4 Å². The standard InChI is InChI=1S/C60H42N2/c1-5-19-43(20-6-1)44-35-37-49(38-36-44)61(58-34-18-32-54(46-23-9-3-10-24-46)60(58)47-25-11-4-12-26-47)51-39-40-56-55-31-15-16-33-57(55)62(59(56)42-51)50-28-17-27-48(41-50)53-30-14-13-29-52(53)45-21-7-2-8-22-45/h1-42H. The summed E-state index contributed by atoms with van der Waals surface area (Å²) in [5.74, 6) is 0. The largest absolute Gasteiger partial charge is 0.310 e. The summed E-state index contributed by atoms with van der Waals surface area (Å²) in [5, 5.41) is 2.43. The molecule has 0 spiro atoms. The summed E-state index contributed by atoms with van der Waals surface area (Å²) in [6, 6.07) is 92.1. The third-order valence-corrected chi connectivity index (χ3v) is 12.0. The Kier molecular flexibility index (Phi) is 9.57. The highest BCUT2D eigenvalue weighted by Gasteiger charge is 2.23. The molecule has 0 aliphatic carbocycles. The molecule has 0 amide bonds. The molecule has 11 rings (SSSR count). The van der Waals surface area contributed by atoms with Gasteiger partial charge >= 0.3 is 0 Å². The monoisotopic (exact) mass is 790 g/mol. The fourth-order valence-corrected chi connectivity index (χ4v) is 9.15. The summed E-state index contributed by atoms with van der Waals surface area (Å²) < 4.78 is 2.44. The maximum atomic E-state index is 2.44. The lowest BCUT2D eigenvalue weighted by Crippen LogP contribution is -2.12. The van der Waals surface area contributed by atoms with E-state index >= 15 is 0 Å². The molecule has 1 aromatic heterocycles. The number of hydrogen-bond acceptors (Lipinski definition) is 1. The van der Waals surface area contributed by atoms with Gasteiger partial charge in [-0.1, -0.05) is 206 Å². The highest BCUT2D eigenvalue weighted by atomic mass is 15.1. The van der Waals surface area contributed by atoms with E-state index in [-0.39, 0.29) is 0 Å². The van der Waals surface area contributed by atoms with Crippen LogP contribution in [0.3, 0.4) is 0 Å². The van der Waals surface area contributed by atoms with E-state index in [2.05, 4.69) is 264 Å². The van der Waals surface area contributed by atoms with Crippen LogP contribution in [-0.2, 0) is 0 Å². The minimum Gasteiger partial charge on any atom is -0.310 e. The van der Waals surface area contributed by atoms with E-state index in [0.717, 1.165) is 33.8 Å². The molecule has 0 fully saturated rings. The highest BCUT2D eigenvalue weighted by Crippen LogP contribution is 2.47. The molecule has 0 radical (unpaired) electrons. The number of para-hydroxylation sites is 1. The number of benzene rings is 10. The van der Waals surface area contributed by atoms with Gasteiger partial charge in [-0.2, -0.15) is 0 Å². The second-order valence-corrected chi connectivity index (χ2v) is 15.7.